The maximum absolute atomic E-state index is 11.2. The van der Waals surface area contributed by atoms with Gasteiger partial charge in [0.25, 0.3) is 0 Å². The van der Waals surface area contributed by atoms with E-state index in [0.717, 1.165) is 11.7 Å². The Bertz CT molecular complexity index is 403. The average Bonchev–Trinajstić information content (AvgIpc) is 2.97. The first-order valence-electron chi connectivity index (χ1n) is 5.87. The molecule has 96 valence electrons. The Labute approximate surface area is 118 Å². The third-order valence-corrected chi connectivity index (χ3v) is 5.62. The molecule has 0 bridgehead atoms. The highest BCUT2D eigenvalue weighted by molar-refractivity contribution is 9.11. The van der Waals surface area contributed by atoms with Crippen LogP contribution in [-0.2, 0) is 10.8 Å². The summed E-state index contributed by atoms with van der Waals surface area (Å²) in [5.41, 5.74) is 0. The van der Waals surface area contributed by atoms with E-state index in [2.05, 4.69) is 40.3 Å². The number of hydrogen-bond acceptors (Lipinski definition) is 3. The molecule has 0 aliphatic heterocycles. The molecule has 0 radical (unpaired) electrons. The lowest BCUT2D eigenvalue weighted by atomic mass is 10.1. The van der Waals surface area contributed by atoms with Gasteiger partial charge in [-0.3, -0.25) is 4.21 Å². The summed E-state index contributed by atoms with van der Waals surface area (Å²) >= 11 is 5.32. The van der Waals surface area contributed by atoms with Gasteiger partial charge >= 0.3 is 0 Å². The summed E-state index contributed by atoms with van der Waals surface area (Å²) in [6.07, 6.45) is 4.40. The molecular formula is C12H18BrNOS2. The monoisotopic (exact) mass is 335 g/mol. The molecule has 5 heteroatoms. The van der Waals surface area contributed by atoms with Crippen LogP contribution >= 0.6 is 27.3 Å². The van der Waals surface area contributed by atoms with Crippen LogP contribution in [0.15, 0.2) is 15.9 Å². The van der Waals surface area contributed by atoms with E-state index in [1.54, 1.807) is 17.6 Å². The molecule has 3 atom stereocenters. The largest absolute Gasteiger partial charge is 0.306 e. The molecule has 17 heavy (non-hydrogen) atoms. The maximum Gasteiger partial charge on any atom is 0.0701 e. The minimum absolute atomic E-state index is 0.312. The van der Waals surface area contributed by atoms with Crippen LogP contribution in [0.1, 0.15) is 30.7 Å². The highest BCUT2D eigenvalue weighted by Crippen LogP contribution is 2.43. The molecule has 1 aliphatic carbocycles. The van der Waals surface area contributed by atoms with Gasteiger partial charge in [-0.15, -0.1) is 11.3 Å². The lowest BCUT2D eigenvalue weighted by Gasteiger charge is -2.21. The van der Waals surface area contributed by atoms with Crippen LogP contribution in [0.3, 0.4) is 0 Å². The zero-order valence-corrected chi connectivity index (χ0v) is 13.3. The summed E-state index contributed by atoms with van der Waals surface area (Å²) in [4.78, 5) is 1.40. The summed E-state index contributed by atoms with van der Waals surface area (Å²) in [7, 11) is -0.724. The molecule has 0 unspecified atom stereocenters. The van der Waals surface area contributed by atoms with Gasteiger partial charge in [0.15, 0.2) is 0 Å². The van der Waals surface area contributed by atoms with E-state index in [4.69, 9.17) is 0 Å². The molecular weight excluding hydrogens is 318 g/mol. The second-order valence-electron chi connectivity index (χ2n) is 4.76. The molecule has 1 fully saturated rings. The Morgan fingerprint density at radius 3 is 2.76 bits per heavy atom. The highest BCUT2D eigenvalue weighted by Gasteiger charge is 2.33. The molecule has 0 saturated heterocycles. The quantitative estimate of drug-likeness (QED) is 0.863. The second kappa shape index (κ2) is 5.95. The Morgan fingerprint density at radius 2 is 2.29 bits per heavy atom. The molecule has 1 N–H and O–H groups in total. The Kier molecular flexibility index (Phi) is 4.80. The van der Waals surface area contributed by atoms with Crippen molar-refractivity contribution in [3.63, 3.8) is 0 Å². The molecule has 0 aromatic carbocycles. The number of hydrogen-bond donors (Lipinski definition) is 1. The summed E-state index contributed by atoms with van der Waals surface area (Å²) in [5.74, 6) is 1.50. The van der Waals surface area contributed by atoms with Crippen molar-refractivity contribution in [3.8, 4) is 0 Å². The molecule has 1 heterocycles. The number of thiophene rings is 1. The SMILES string of the molecule is C[C@H](C[S@](C)=O)N[C@H](c1ccc(Br)s1)C1CC1. The van der Waals surface area contributed by atoms with Crippen molar-refractivity contribution in [2.24, 2.45) is 5.92 Å². The van der Waals surface area contributed by atoms with Crippen LogP contribution in [0.5, 0.6) is 0 Å². The van der Waals surface area contributed by atoms with Gasteiger partial charge in [-0.1, -0.05) is 0 Å². The highest BCUT2D eigenvalue weighted by atomic mass is 79.9. The third kappa shape index (κ3) is 4.16. The number of rotatable bonds is 6. The Balaban J connectivity index is 2.00. The molecule has 1 aliphatic rings. The van der Waals surface area contributed by atoms with E-state index in [-0.39, 0.29) is 0 Å². The molecule has 1 aromatic rings. The van der Waals surface area contributed by atoms with E-state index in [1.165, 1.54) is 21.5 Å². The van der Waals surface area contributed by atoms with Crippen LogP contribution < -0.4 is 5.32 Å². The van der Waals surface area contributed by atoms with Crippen LogP contribution in [0.4, 0.5) is 0 Å². The van der Waals surface area contributed by atoms with Crippen LogP contribution in [-0.4, -0.2) is 22.3 Å². The summed E-state index contributed by atoms with van der Waals surface area (Å²) in [6, 6.07) is 5.07. The summed E-state index contributed by atoms with van der Waals surface area (Å²) in [6.45, 7) is 2.12. The molecule has 0 spiro atoms. The van der Waals surface area contributed by atoms with Crippen molar-refractivity contribution < 1.29 is 4.21 Å². The first kappa shape index (κ1) is 13.7. The van der Waals surface area contributed by atoms with E-state index in [1.807, 2.05) is 0 Å². The zero-order valence-electron chi connectivity index (χ0n) is 10.1. The smallest absolute Gasteiger partial charge is 0.0701 e. The van der Waals surface area contributed by atoms with Crippen molar-refractivity contribution in [3.05, 3.63) is 20.8 Å². The van der Waals surface area contributed by atoms with Gasteiger partial charge in [0.2, 0.25) is 0 Å². The maximum atomic E-state index is 11.2. The van der Waals surface area contributed by atoms with Crippen molar-refractivity contribution in [1.82, 2.24) is 5.32 Å². The van der Waals surface area contributed by atoms with Gasteiger partial charge in [-0.25, -0.2) is 0 Å². The van der Waals surface area contributed by atoms with Gasteiger partial charge in [-0.2, -0.15) is 0 Å². The minimum Gasteiger partial charge on any atom is -0.306 e. The Morgan fingerprint density at radius 1 is 1.59 bits per heavy atom. The molecule has 2 nitrogen and oxygen atoms in total. The fourth-order valence-corrected chi connectivity index (χ4v) is 4.46. The first-order valence-corrected chi connectivity index (χ1v) is 9.21. The summed E-state index contributed by atoms with van der Waals surface area (Å²) < 4.78 is 12.4. The minimum atomic E-state index is -0.724. The van der Waals surface area contributed by atoms with Gasteiger partial charge < -0.3 is 5.32 Å². The lowest BCUT2D eigenvalue weighted by molar-refractivity contribution is 0.444. The van der Waals surface area contributed by atoms with Crippen molar-refractivity contribution in [2.45, 2.75) is 31.8 Å². The van der Waals surface area contributed by atoms with Gasteiger partial charge in [-0.05, 0) is 53.7 Å². The van der Waals surface area contributed by atoms with E-state index in [0.29, 0.717) is 12.1 Å². The first-order chi connectivity index (χ1) is 8.06. The van der Waals surface area contributed by atoms with Gasteiger partial charge in [0.1, 0.15) is 0 Å². The van der Waals surface area contributed by atoms with E-state index >= 15 is 0 Å². The lowest BCUT2D eigenvalue weighted by Crippen LogP contribution is -2.35. The van der Waals surface area contributed by atoms with Crippen LogP contribution in [0.2, 0.25) is 0 Å². The summed E-state index contributed by atoms with van der Waals surface area (Å²) in [5, 5.41) is 3.64. The molecule has 2 rings (SSSR count). The fraction of sp³-hybridized carbons (Fsp3) is 0.667. The predicted octanol–water partition coefficient (Wildman–Crippen LogP) is 3.32. The standard InChI is InChI=1S/C12H18BrNOS2/c1-8(7-17(2)15)14-12(9-3-4-9)10-5-6-11(13)16-10/h5-6,8-9,12,14H,3-4,7H2,1-2H3/t8-,12+,17+/m1/s1. The molecule has 1 saturated carbocycles. The second-order valence-corrected chi connectivity index (χ2v) is 8.74. The van der Waals surface area contributed by atoms with Gasteiger partial charge in [0.05, 0.1) is 3.79 Å². The number of halogens is 1. The molecule has 0 amide bonds. The third-order valence-electron chi connectivity index (χ3n) is 2.94. The fourth-order valence-electron chi connectivity index (χ4n) is 2.08. The normalized spacial score (nSPS) is 21.1. The topological polar surface area (TPSA) is 29.1 Å². The van der Waals surface area contributed by atoms with Crippen LogP contribution in [0, 0.1) is 5.92 Å². The van der Waals surface area contributed by atoms with Gasteiger partial charge in [0, 0.05) is 39.8 Å². The van der Waals surface area contributed by atoms with Crippen molar-refractivity contribution in [1.29, 1.82) is 0 Å². The number of nitrogens with one attached hydrogen (secondary N) is 1. The Hall–Kier alpha value is 0.290. The predicted molar refractivity (Wildman–Crippen MR) is 79.0 cm³/mol. The molecule has 1 aromatic heterocycles. The van der Waals surface area contributed by atoms with Crippen molar-refractivity contribution in [2.75, 3.05) is 12.0 Å². The van der Waals surface area contributed by atoms with Crippen LogP contribution in [0.25, 0.3) is 0 Å². The van der Waals surface area contributed by atoms with E-state index in [9.17, 15) is 4.21 Å². The average molecular weight is 336 g/mol. The van der Waals surface area contributed by atoms with E-state index < -0.39 is 10.8 Å². The zero-order chi connectivity index (χ0) is 12.4. The van der Waals surface area contributed by atoms with Crippen molar-refractivity contribution >= 4 is 38.1 Å².